The molecule has 3 aromatic rings. The molecule has 2 saturated heterocycles. The van der Waals surface area contributed by atoms with Gasteiger partial charge in [0.1, 0.15) is 11.3 Å². The SMILES string of the molecule is [B]C(O)(O)C([B])(O)N(c1cc(-c2ccc(CN3CCOCC3)cc2)cc(C(=O)NCc2c(C)cc(C)[nH]c2=O)c1C)C1CCOCC1. The summed E-state index contributed by atoms with van der Waals surface area (Å²) >= 11 is 0. The van der Waals surface area contributed by atoms with Crippen LogP contribution in [0, 0.1) is 20.8 Å². The van der Waals surface area contributed by atoms with E-state index in [0.717, 1.165) is 42.0 Å². The molecule has 2 aliphatic rings. The second-order valence-corrected chi connectivity index (χ2v) is 12.5. The zero-order valence-electron chi connectivity index (χ0n) is 27.2. The van der Waals surface area contributed by atoms with Crippen LogP contribution >= 0.6 is 0 Å². The zero-order valence-corrected chi connectivity index (χ0v) is 27.2. The number of hydrogen-bond acceptors (Lipinski definition) is 9. The summed E-state index contributed by atoms with van der Waals surface area (Å²) in [6.45, 7) is 9.89. The second-order valence-electron chi connectivity index (χ2n) is 12.5. The van der Waals surface area contributed by atoms with Gasteiger partial charge in [0.25, 0.3) is 11.5 Å². The van der Waals surface area contributed by atoms with E-state index in [0.29, 0.717) is 61.6 Å². The van der Waals surface area contributed by atoms with Gasteiger partial charge in [0.2, 0.25) is 0 Å². The van der Waals surface area contributed by atoms with Crippen LogP contribution < -0.4 is 15.8 Å². The lowest BCUT2D eigenvalue weighted by Crippen LogP contribution is -2.69. The van der Waals surface area contributed by atoms with Crippen LogP contribution in [0.25, 0.3) is 11.1 Å². The summed E-state index contributed by atoms with van der Waals surface area (Å²) in [5, 5.41) is 35.3. The Bertz CT molecular complexity index is 1630. The molecule has 0 saturated carbocycles. The molecule has 2 aliphatic heterocycles. The third kappa shape index (κ3) is 7.83. The third-order valence-electron chi connectivity index (χ3n) is 9.07. The molecule has 0 spiro atoms. The lowest BCUT2D eigenvalue weighted by molar-refractivity contribution is -0.184. The van der Waals surface area contributed by atoms with Crippen LogP contribution in [0.5, 0.6) is 0 Å². The molecule has 0 aliphatic carbocycles. The standard InChI is InChI=1S/C34H42B2N4O7/c1-21-16-22(2)38-32(42)29(21)19-37-31(41)28-17-26(25-6-4-24(5-7-25)20-39-10-14-47-15-11-39)18-30(23(28)3)40(27-8-12-46-13-9-27)33(35,43)34(36,44)45/h4-7,16-18,27,43-45H,8-15,19-20H2,1-3H3,(H,37,41)(H,38,42). The van der Waals surface area contributed by atoms with Gasteiger partial charge in [0, 0.05) is 67.9 Å². The number of aliphatic hydroxyl groups is 3. The fraction of sp³-hybridized carbons (Fsp3) is 0.471. The number of hydrogen-bond donors (Lipinski definition) is 5. The molecule has 2 aromatic carbocycles. The molecule has 4 radical (unpaired) electrons. The molecular formula is C34H42B2N4O7. The molecule has 47 heavy (non-hydrogen) atoms. The van der Waals surface area contributed by atoms with Crippen LogP contribution in [0.4, 0.5) is 5.69 Å². The minimum absolute atomic E-state index is 0.0147. The molecule has 0 bridgehead atoms. The number of aryl methyl sites for hydroxylation is 2. The zero-order chi connectivity index (χ0) is 33.9. The van der Waals surface area contributed by atoms with Crippen molar-refractivity contribution in [2.75, 3.05) is 44.4 Å². The molecular weight excluding hydrogens is 598 g/mol. The number of aromatic amines is 1. The molecule has 1 aromatic heterocycles. The highest BCUT2D eigenvalue weighted by Crippen LogP contribution is 2.38. The van der Waals surface area contributed by atoms with Gasteiger partial charge in [-0.1, -0.05) is 24.3 Å². The number of rotatable bonds is 10. The van der Waals surface area contributed by atoms with Gasteiger partial charge in [0.15, 0.2) is 15.7 Å². The number of nitrogens with one attached hydrogen (secondary N) is 2. The number of aromatic nitrogens is 1. The highest BCUT2D eigenvalue weighted by molar-refractivity contribution is 6.25. The Morgan fingerprint density at radius 2 is 1.62 bits per heavy atom. The number of anilines is 1. The maximum absolute atomic E-state index is 13.9. The smallest absolute Gasteiger partial charge is 0.253 e. The molecule has 1 amide bonds. The average molecular weight is 640 g/mol. The van der Waals surface area contributed by atoms with E-state index in [4.69, 9.17) is 25.2 Å². The van der Waals surface area contributed by atoms with E-state index in [2.05, 4.69) is 15.2 Å². The normalized spacial score (nSPS) is 17.7. The van der Waals surface area contributed by atoms with E-state index in [1.54, 1.807) is 26.0 Å². The number of benzene rings is 2. The molecule has 1 atom stereocenters. The summed E-state index contributed by atoms with van der Waals surface area (Å²) in [7, 11) is 11.9. The largest absolute Gasteiger partial charge is 0.381 e. The lowest BCUT2D eigenvalue weighted by atomic mass is 9.70. The van der Waals surface area contributed by atoms with Crippen LogP contribution in [0.3, 0.4) is 0 Å². The van der Waals surface area contributed by atoms with Crippen LogP contribution in [0.2, 0.25) is 0 Å². The molecule has 3 heterocycles. The topological polar surface area (TPSA) is 148 Å². The van der Waals surface area contributed by atoms with Crippen molar-refractivity contribution in [3.05, 3.63) is 86.3 Å². The Kier molecular flexibility index (Phi) is 10.6. The minimum atomic E-state index is -3.22. The number of ether oxygens (including phenoxy) is 2. The maximum Gasteiger partial charge on any atom is 0.253 e. The van der Waals surface area contributed by atoms with E-state index in [1.807, 2.05) is 37.3 Å². The number of H-pyrrole nitrogens is 1. The number of morpholine rings is 1. The van der Waals surface area contributed by atoms with Crippen molar-refractivity contribution in [1.29, 1.82) is 0 Å². The number of amides is 1. The third-order valence-corrected chi connectivity index (χ3v) is 9.07. The van der Waals surface area contributed by atoms with E-state index in [-0.39, 0.29) is 17.7 Å². The van der Waals surface area contributed by atoms with E-state index >= 15 is 0 Å². The number of carbonyl (C=O) groups is 1. The van der Waals surface area contributed by atoms with Gasteiger partial charge in [-0.15, -0.1) is 0 Å². The number of carbonyl (C=O) groups excluding carboxylic acids is 1. The highest BCUT2D eigenvalue weighted by Gasteiger charge is 2.47. The van der Waals surface area contributed by atoms with E-state index in [9.17, 15) is 24.9 Å². The Labute approximate surface area is 277 Å². The predicted octanol–water partition coefficient (Wildman–Crippen LogP) is 1.34. The summed E-state index contributed by atoms with van der Waals surface area (Å²) < 4.78 is 11.0. The van der Waals surface area contributed by atoms with Crippen LogP contribution in [0.1, 0.15) is 51.1 Å². The van der Waals surface area contributed by atoms with Crippen molar-refractivity contribution in [1.82, 2.24) is 15.2 Å². The van der Waals surface area contributed by atoms with Crippen molar-refractivity contribution in [3.8, 4) is 11.1 Å². The molecule has 2 fully saturated rings. The monoisotopic (exact) mass is 640 g/mol. The molecule has 13 heteroatoms. The van der Waals surface area contributed by atoms with Gasteiger partial charge in [-0.05, 0) is 79.6 Å². The molecule has 11 nitrogen and oxygen atoms in total. The first-order valence-electron chi connectivity index (χ1n) is 15.9. The van der Waals surface area contributed by atoms with Crippen molar-refractivity contribution in [3.63, 3.8) is 0 Å². The van der Waals surface area contributed by atoms with Crippen LogP contribution in [-0.2, 0) is 22.6 Å². The second kappa shape index (κ2) is 14.3. The first kappa shape index (κ1) is 34.9. The number of nitrogens with zero attached hydrogens (tertiary/aromatic N) is 2. The maximum atomic E-state index is 13.9. The van der Waals surface area contributed by atoms with Gasteiger partial charge >= 0.3 is 0 Å². The lowest BCUT2D eigenvalue weighted by Gasteiger charge is -2.51. The van der Waals surface area contributed by atoms with Gasteiger partial charge in [0.05, 0.1) is 13.2 Å². The summed E-state index contributed by atoms with van der Waals surface area (Å²) in [6, 6.07) is 12.8. The van der Waals surface area contributed by atoms with Gasteiger partial charge in [-0.25, -0.2) is 0 Å². The van der Waals surface area contributed by atoms with Gasteiger partial charge in [-0.2, -0.15) is 0 Å². The minimum Gasteiger partial charge on any atom is -0.381 e. The van der Waals surface area contributed by atoms with E-state index < -0.39 is 23.3 Å². The van der Waals surface area contributed by atoms with Crippen molar-refractivity contribution < 1.29 is 29.6 Å². The van der Waals surface area contributed by atoms with E-state index in [1.165, 1.54) is 4.90 Å². The van der Waals surface area contributed by atoms with Crippen molar-refractivity contribution in [2.45, 2.75) is 64.1 Å². The Balaban J connectivity index is 1.57. The average Bonchev–Trinajstić information content (AvgIpc) is 3.02. The predicted molar refractivity (Wildman–Crippen MR) is 180 cm³/mol. The van der Waals surface area contributed by atoms with Crippen LogP contribution in [0.15, 0.2) is 47.3 Å². The fourth-order valence-corrected chi connectivity index (χ4v) is 6.32. The van der Waals surface area contributed by atoms with Crippen molar-refractivity contribution >= 4 is 27.3 Å². The summed E-state index contributed by atoms with van der Waals surface area (Å²) in [4.78, 5) is 32.9. The van der Waals surface area contributed by atoms with Gasteiger partial charge < -0.3 is 40.0 Å². The molecule has 5 N–H and O–H groups in total. The Morgan fingerprint density at radius 1 is 0.979 bits per heavy atom. The summed E-state index contributed by atoms with van der Waals surface area (Å²) in [6.07, 6.45) is 0.818. The summed E-state index contributed by atoms with van der Waals surface area (Å²) in [5.41, 5.74) is -0.943. The quantitative estimate of drug-likeness (QED) is 0.164. The Hall–Kier alpha value is -3.45. The van der Waals surface area contributed by atoms with Crippen molar-refractivity contribution in [2.24, 2.45) is 0 Å². The fourth-order valence-electron chi connectivity index (χ4n) is 6.32. The first-order valence-corrected chi connectivity index (χ1v) is 15.9. The Morgan fingerprint density at radius 3 is 2.23 bits per heavy atom. The van der Waals surface area contributed by atoms with Gasteiger partial charge in [-0.3, -0.25) is 14.5 Å². The first-order chi connectivity index (χ1) is 22.3. The molecule has 1 unspecified atom stereocenters. The highest BCUT2D eigenvalue weighted by atomic mass is 16.5. The summed E-state index contributed by atoms with van der Waals surface area (Å²) in [5.74, 6) is -0.464. The molecule has 246 valence electrons. The van der Waals surface area contributed by atoms with Crippen LogP contribution in [-0.4, -0.2) is 104 Å². The molecule has 5 rings (SSSR count). The number of pyridine rings is 1.